The Bertz CT molecular complexity index is 605. The van der Waals surface area contributed by atoms with Crippen LogP contribution in [-0.2, 0) is 26.3 Å². The quantitative estimate of drug-likeness (QED) is 0.833. The van der Waals surface area contributed by atoms with Gasteiger partial charge in [0.15, 0.2) is 9.84 Å². The van der Waals surface area contributed by atoms with Crippen molar-refractivity contribution < 1.29 is 35.2 Å². The Morgan fingerprint density at radius 2 is 1.80 bits per heavy atom. The van der Waals surface area contributed by atoms with Crippen LogP contribution in [0.25, 0.3) is 0 Å². The fourth-order valence-electron chi connectivity index (χ4n) is 1.28. The molecular weight excluding hydrogens is 329 g/mol. The number of primary amides is 1. The zero-order chi connectivity index (χ0) is 15.8. The number of rotatable bonds is 5. The highest BCUT2D eigenvalue weighted by Gasteiger charge is 2.59. The van der Waals surface area contributed by atoms with Crippen molar-refractivity contribution in [1.29, 1.82) is 0 Å². The Morgan fingerprint density at radius 1 is 1.25 bits per heavy atom. The Balaban J connectivity index is 2.97. The molecular formula is C9H8F5NO3S2. The van der Waals surface area contributed by atoms with Gasteiger partial charge in [0.05, 0.1) is 10.6 Å². The number of carbonyl (C=O) groups excluding carboxylic acids is 1. The van der Waals surface area contributed by atoms with Crippen LogP contribution in [0.3, 0.4) is 0 Å². The minimum Gasteiger partial charge on any atom is -0.369 e. The number of sulfone groups is 1. The molecule has 0 unspecified atom stereocenters. The highest BCUT2D eigenvalue weighted by molar-refractivity contribution is 7.91. The summed E-state index contributed by atoms with van der Waals surface area (Å²) in [6.45, 7) is 0. The lowest BCUT2D eigenvalue weighted by Crippen LogP contribution is -2.32. The molecule has 1 amide bonds. The molecule has 1 aromatic rings. The average Bonchev–Trinajstić information content (AvgIpc) is 2.61. The van der Waals surface area contributed by atoms with E-state index in [-0.39, 0.29) is 16.9 Å². The predicted molar refractivity (Wildman–Crippen MR) is 61.0 cm³/mol. The monoisotopic (exact) mass is 337 g/mol. The first-order valence-corrected chi connectivity index (χ1v) is 7.56. The molecule has 0 saturated heterocycles. The van der Waals surface area contributed by atoms with E-state index in [1.54, 1.807) is 0 Å². The highest BCUT2D eigenvalue weighted by atomic mass is 32.2. The third-order valence-electron chi connectivity index (χ3n) is 2.07. The first-order valence-electron chi connectivity index (χ1n) is 4.86. The molecule has 0 saturated carbocycles. The molecule has 11 heteroatoms. The van der Waals surface area contributed by atoms with Gasteiger partial charge in [-0.2, -0.15) is 22.0 Å². The van der Waals surface area contributed by atoms with Crippen LogP contribution in [0.4, 0.5) is 22.0 Å². The maximum absolute atomic E-state index is 13.0. The lowest BCUT2D eigenvalue weighted by Gasteiger charge is -2.17. The summed E-state index contributed by atoms with van der Waals surface area (Å²) in [5.74, 6) is -8.03. The van der Waals surface area contributed by atoms with Gasteiger partial charge in [-0.15, -0.1) is 11.3 Å². The molecule has 0 aromatic carbocycles. The van der Waals surface area contributed by atoms with Gasteiger partial charge in [-0.05, 0) is 17.0 Å². The van der Waals surface area contributed by atoms with Gasteiger partial charge >= 0.3 is 12.1 Å². The molecule has 0 fully saturated rings. The molecule has 0 aliphatic rings. The number of halogens is 5. The lowest BCUT2D eigenvalue weighted by molar-refractivity contribution is -0.287. The highest BCUT2D eigenvalue weighted by Crippen LogP contribution is 2.46. The molecule has 1 heterocycles. The fraction of sp³-hybridized carbons (Fsp3) is 0.444. The molecule has 114 valence electrons. The van der Waals surface area contributed by atoms with Crippen LogP contribution >= 0.6 is 11.3 Å². The average molecular weight is 337 g/mol. The maximum Gasteiger partial charge on any atom is 0.458 e. The Labute approximate surface area is 114 Å². The van der Waals surface area contributed by atoms with E-state index in [1.165, 1.54) is 0 Å². The van der Waals surface area contributed by atoms with Gasteiger partial charge in [0.1, 0.15) is 5.75 Å². The van der Waals surface area contributed by atoms with E-state index >= 15 is 0 Å². The zero-order valence-electron chi connectivity index (χ0n) is 9.58. The van der Waals surface area contributed by atoms with Crippen molar-refractivity contribution in [3.8, 4) is 0 Å². The fourth-order valence-corrected chi connectivity index (χ4v) is 3.51. The Morgan fingerprint density at radius 3 is 2.25 bits per heavy atom. The van der Waals surface area contributed by atoms with Crippen LogP contribution in [-0.4, -0.2) is 26.3 Å². The van der Waals surface area contributed by atoms with Crippen molar-refractivity contribution in [3.05, 3.63) is 21.9 Å². The van der Waals surface area contributed by atoms with Gasteiger partial charge < -0.3 is 5.73 Å². The standard InChI is InChI=1S/C9H8F5NO3S2/c10-8(11,9(12,13)14)6-1-5(2-19-6)3-20(17,18)4-7(15)16/h1-2H,3-4H2,(H2,15,16). The number of carbonyl (C=O) groups is 1. The Kier molecular flexibility index (Phi) is 4.44. The van der Waals surface area contributed by atoms with Crippen LogP contribution in [0.1, 0.15) is 10.4 Å². The lowest BCUT2D eigenvalue weighted by atomic mass is 10.2. The number of nitrogens with two attached hydrogens (primary N) is 1. The van der Waals surface area contributed by atoms with E-state index < -0.39 is 44.2 Å². The van der Waals surface area contributed by atoms with Crippen LogP contribution in [0.5, 0.6) is 0 Å². The third-order valence-corrected chi connectivity index (χ3v) is 4.61. The smallest absolute Gasteiger partial charge is 0.369 e. The SMILES string of the molecule is NC(=O)CS(=O)(=O)Cc1csc(C(F)(F)C(F)(F)F)c1. The van der Waals surface area contributed by atoms with Gasteiger partial charge in [0, 0.05) is 0 Å². The second-order valence-corrected chi connectivity index (χ2v) is 6.87. The van der Waals surface area contributed by atoms with E-state index in [1.807, 2.05) is 0 Å². The van der Waals surface area contributed by atoms with Crippen molar-refractivity contribution in [2.45, 2.75) is 17.9 Å². The van der Waals surface area contributed by atoms with Gasteiger partial charge in [-0.1, -0.05) is 0 Å². The first-order chi connectivity index (χ1) is 8.85. The summed E-state index contributed by atoms with van der Waals surface area (Å²) in [6, 6.07) is 0.455. The molecule has 1 aromatic heterocycles. The summed E-state index contributed by atoms with van der Waals surface area (Å²) in [4.78, 5) is 9.17. The summed E-state index contributed by atoms with van der Waals surface area (Å²) in [5.41, 5.74) is 4.43. The molecule has 0 aliphatic heterocycles. The second-order valence-electron chi connectivity index (χ2n) is 3.89. The third kappa shape index (κ3) is 3.88. The summed E-state index contributed by atoms with van der Waals surface area (Å²) >= 11 is 0.0923. The maximum atomic E-state index is 13.0. The number of thiophene rings is 1. The predicted octanol–water partition coefficient (Wildman–Crippen LogP) is 1.80. The number of hydrogen-bond acceptors (Lipinski definition) is 4. The summed E-state index contributed by atoms with van der Waals surface area (Å²) in [7, 11) is -4.00. The molecule has 2 N–H and O–H groups in total. The zero-order valence-corrected chi connectivity index (χ0v) is 11.2. The molecule has 0 aliphatic carbocycles. The minimum atomic E-state index is -5.76. The van der Waals surface area contributed by atoms with Crippen molar-refractivity contribution in [2.75, 3.05) is 5.75 Å². The van der Waals surface area contributed by atoms with Crippen molar-refractivity contribution in [2.24, 2.45) is 5.73 Å². The van der Waals surface area contributed by atoms with Crippen LogP contribution in [0.15, 0.2) is 11.4 Å². The minimum absolute atomic E-state index is 0.0923. The van der Waals surface area contributed by atoms with Crippen LogP contribution in [0, 0.1) is 0 Å². The van der Waals surface area contributed by atoms with Crippen molar-refractivity contribution in [3.63, 3.8) is 0 Å². The normalized spacial score (nSPS) is 13.4. The summed E-state index contributed by atoms with van der Waals surface area (Å²) in [6.07, 6.45) is -5.76. The number of alkyl halides is 5. The molecule has 0 bridgehead atoms. The van der Waals surface area contributed by atoms with Crippen LogP contribution in [0.2, 0.25) is 0 Å². The Hall–Kier alpha value is -1.23. The van der Waals surface area contributed by atoms with Crippen molar-refractivity contribution in [1.82, 2.24) is 0 Å². The van der Waals surface area contributed by atoms with E-state index in [4.69, 9.17) is 0 Å². The molecule has 0 spiro atoms. The number of hydrogen-bond donors (Lipinski definition) is 1. The number of amides is 1. The van der Waals surface area contributed by atoms with Gasteiger partial charge in [-0.3, -0.25) is 4.79 Å². The van der Waals surface area contributed by atoms with Crippen LogP contribution < -0.4 is 5.73 Å². The van der Waals surface area contributed by atoms with E-state index in [0.717, 1.165) is 5.38 Å². The second kappa shape index (κ2) is 5.28. The first kappa shape index (κ1) is 16.8. The van der Waals surface area contributed by atoms with Crippen molar-refractivity contribution >= 4 is 27.1 Å². The van der Waals surface area contributed by atoms with Gasteiger partial charge in [-0.25, -0.2) is 8.42 Å². The summed E-state index contributed by atoms with van der Waals surface area (Å²) in [5, 5.41) is 0.869. The molecule has 4 nitrogen and oxygen atoms in total. The molecule has 0 atom stereocenters. The molecule has 0 radical (unpaired) electrons. The van der Waals surface area contributed by atoms with E-state index in [2.05, 4.69) is 5.73 Å². The van der Waals surface area contributed by atoms with Gasteiger partial charge in [0.25, 0.3) is 0 Å². The largest absolute Gasteiger partial charge is 0.458 e. The molecule has 20 heavy (non-hydrogen) atoms. The molecule has 1 rings (SSSR count). The summed E-state index contributed by atoms with van der Waals surface area (Å²) < 4.78 is 85.0. The topological polar surface area (TPSA) is 77.2 Å². The van der Waals surface area contributed by atoms with E-state index in [0.29, 0.717) is 6.07 Å². The van der Waals surface area contributed by atoms with Gasteiger partial charge in [0.2, 0.25) is 5.91 Å². The van der Waals surface area contributed by atoms with E-state index in [9.17, 15) is 35.2 Å².